The van der Waals surface area contributed by atoms with Crippen LogP contribution in [0.25, 0.3) is 0 Å². The zero-order chi connectivity index (χ0) is 14.5. The molecule has 2 heterocycles. The summed E-state index contributed by atoms with van der Waals surface area (Å²) in [5.41, 5.74) is 2.49. The molecule has 0 aliphatic heterocycles. The van der Waals surface area contributed by atoms with Crippen molar-refractivity contribution < 1.29 is 0 Å². The second kappa shape index (κ2) is 6.32. The Morgan fingerprint density at radius 3 is 2.25 bits per heavy atom. The maximum Gasteiger partial charge on any atom is 0.194 e. The molecular weight excluding hydrogens is 250 g/mol. The highest BCUT2D eigenvalue weighted by atomic mass is 15.3. The van der Waals surface area contributed by atoms with Gasteiger partial charge in [-0.3, -0.25) is 4.99 Å². The average Bonchev–Trinajstić information content (AvgIpc) is 3.00. The quantitative estimate of drug-likeness (QED) is 0.678. The van der Waals surface area contributed by atoms with Crippen LogP contribution in [0.15, 0.2) is 41.7 Å². The molecule has 0 amide bonds. The Balaban J connectivity index is 1.95. The molecule has 0 saturated carbocycles. The lowest BCUT2D eigenvalue weighted by molar-refractivity contribution is 0.460. The van der Waals surface area contributed by atoms with E-state index in [9.17, 15) is 0 Å². The van der Waals surface area contributed by atoms with E-state index in [1.54, 1.807) is 0 Å². The van der Waals surface area contributed by atoms with Crippen molar-refractivity contribution in [2.75, 3.05) is 14.1 Å². The summed E-state index contributed by atoms with van der Waals surface area (Å²) in [7, 11) is 7.97. The predicted octanol–water partition coefficient (Wildman–Crippen LogP) is 1.57. The van der Waals surface area contributed by atoms with Gasteiger partial charge >= 0.3 is 0 Å². The number of hydrogen-bond acceptors (Lipinski definition) is 1. The number of nitrogens with zero attached hydrogens (tertiary/aromatic N) is 4. The lowest BCUT2D eigenvalue weighted by Gasteiger charge is -2.22. The molecule has 0 atom stereocenters. The lowest BCUT2D eigenvalue weighted by atomic mass is 10.4. The molecule has 2 rings (SSSR count). The van der Waals surface area contributed by atoms with Crippen molar-refractivity contribution >= 4 is 5.96 Å². The first kappa shape index (κ1) is 14.2. The molecule has 5 nitrogen and oxygen atoms in total. The molecule has 0 aliphatic rings. The average molecular weight is 273 g/mol. The van der Waals surface area contributed by atoms with Crippen molar-refractivity contribution in [1.29, 1.82) is 0 Å². The van der Waals surface area contributed by atoms with Crippen molar-refractivity contribution in [2.24, 2.45) is 19.1 Å². The van der Waals surface area contributed by atoms with Crippen LogP contribution < -0.4 is 5.32 Å². The largest absolute Gasteiger partial charge is 0.353 e. The van der Waals surface area contributed by atoms with Gasteiger partial charge in [0.15, 0.2) is 5.96 Å². The minimum Gasteiger partial charge on any atom is -0.353 e. The van der Waals surface area contributed by atoms with Crippen LogP contribution >= 0.6 is 0 Å². The van der Waals surface area contributed by atoms with Gasteiger partial charge in [-0.1, -0.05) is 0 Å². The number of hydrogen-bond donors (Lipinski definition) is 1. The van der Waals surface area contributed by atoms with Gasteiger partial charge in [-0.2, -0.15) is 0 Å². The molecule has 108 valence electrons. The monoisotopic (exact) mass is 273 g/mol. The predicted molar refractivity (Wildman–Crippen MR) is 82.5 cm³/mol. The summed E-state index contributed by atoms with van der Waals surface area (Å²) in [6.07, 6.45) is 4.11. The maximum absolute atomic E-state index is 4.34. The number of aromatic nitrogens is 2. The number of aryl methyl sites for hydroxylation is 2. The van der Waals surface area contributed by atoms with Crippen LogP contribution in [0.5, 0.6) is 0 Å². The molecule has 2 aromatic heterocycles. The first-order valence-corrected chi connectivity index (χ1v) is 6.74. The maximum atomic E-state index is 4.34. The zero-order valence-electron chi connectivity index (χ0n) is 12.7. The zero-order valence-corrected chi connectivity index (χ0v) is 12.7. The van der Waals surface area contributed by atoms with Gasteiger partial charge in [0.2, 0.25) is 0 Å². The van der Waals surface area contributed by atoms with Crippen LogP contribution in [0.1, 0.15) is 11.4 Å². The Labute approximate surface area is 120 Å². The van der Waals surface area contributed by atoms with E-state index in [0.717, 1.165) is 19.0 Å². The number of nitrogens with one attached hydrogen (secondary N) is 1. The molecule has 5 heteroatoms. The fourth-order valence-electron chi connectivity index (χ4n) is 2.21. The summed E-state index contributed by atoms with van der Waals surface area (Å²) in [5.74, 6) is 0.896. The van der Waals surface area contributed by atoms with Gasteiger partial charge in [0.05, 0.1) is 13.1 Å². The molecule has 0 spiro atoms. The van der Waals surface area contributed by atoms with Gasteiger partial charge in [-0.25, -0.2) is 0 Å². The Hall–Kier alpha value is -2.17. The van der Waals surface area contributed by atoms with E-state index in [0.29, 0.717) is 0 Å². The van der Waals surface area contributed by atoms with E-state index in [2.05, 4.69) is 55.8 Å². The van der Waals surface area contributed by atoms with E-state index in [1.165, 1.54) is 11.4 Å². The third kappa shape index (κ3) is 3.23. The summed E-state index contributed by atoms with van der Waals surface area (Å²) in [6, 6.07) is 8.34. The minimum absolute atomic E-state index is 0.771. The number of aliphatic imine (C=N–C) groups is 1. The first-order valence-electron chi connectivity index (χ1n) is 6.74. The number of rotatable bonds is 4. The highest BCUT2D eigenvalue weighted by Crippen LogP contribution is 2.04. The molecule has 0 aromatic carbocycles. The van der Waals surface area contributed by atoms with E-state index < -0.39 is 0 Å². The third-order valence-corrected chi connectivity index (χ3v) is 3.50. The van der Waals surface area contributed by atoms with Crippen LogP contribution in [0.3, 0.4) is 0 Å². The van der Waals surface area contributed by atoms with E-state index in [1.807, 2.05) is 33.4 Å². The molecular formula is C15H23N5. The third-order valence-electron chi connectivity index (χ3n) is 3.50. The summed E-state index contributed by atoms with van der Waals surface area (Å²) in [6.45, 7) is 1.60. The molecule has 0 bridgehead atoms. The van der Waals surface area contributed by atoms with E-state index in [-0.39, 0.29) is 0 Å². The second-order valence-corrected chi connectivity index (χ2v) is 4.98. The van der Waals surface area contributed by atoms with Crippen LogP contribution in [0, 0.1) is 0 Å². The minimum atomic E-state index is 0.771. The Kier molecular flexibility index (Phi) is 4.50. The van der Waals surface area contributed by atoms with Gasteiger partial charge < -0.3 is 19.4 Å². The SMILES string of the molecule is CN=C(NCc1cccn1C)N(C)Cc1cccn1C. The molecule has 2 aromatic rings. The van der Waals surface area contributed by atoms with Gasteiger partial charge in [-0.15, -0.1) is 0 Å². The fourth-order valence-corrected chi connectivity index (χ4v) is 2.21. The highest BCUT2D eigenvalue weighted by Gasteiger charge is 2.08. The molecule has 0 aliphatic carbocycles. The topological polar surface area (TPSA) is 37.5 Å². The van der Waals surface area contributed by atoms with Gasteiger partial charge in [0.25, 0.3) is 0 Å². The van der Waals surface area contributed by atoms with Crippen LogP contribution in [0.2, 0.25) is 0 Å². The normalized spacial score (nSPS) is 11.7. The van der Waals surface area contributed by atoms with Crippen LogP contribution in [0.4, 0.5) is 0 Å². The molecule has 0 saturated heterocycles. The van der Waals surface area contributed by atoms with Gasteiger partial charge in [-0.05, 0) is 24.3 Å². The molecule has 0 unspecified atom stereocenters. The summed E-state index contributed by atoms with van der Waals surface area (Å²) >= 11 is 0. The first-order chi connectivity index (χ1) is 9.61. The smallest absolute Gasteiger partial charge is 0.194 e. The second-order valence-electron chi connectivity index (χ2n) is 4.98. The summed E-state index contributed by atoms with van der Waals surface area (Å²) in [5, 5.41) is 3.39. The Morgan fingerprint density at radius 2 is 1.75 bits per heavy atom. The van der Waals surface area contributed by atoms with Crippen molar-refractivity contribution in [2.45, 2.75) is 13.1 Å². The molecule has 0 radical (unpaired) electrons. The fraction of sp³-hybridized carbons (Fsp3) is 0.400. The van der Waals surface area contributed by atoms with E-state index >= 15 is 0 Å². The molecule has 20 heavy (non-hydrogen) atoms. The van der Waals surface area contributed by atoms with Crippen LogP contribution in [-0.2, 0) is 27.2 Å². The standard InChI is InChI=1S/C15H23N5/c1-16-15(17-11-13-7-5-9-18(13)2)20(4)12-14-8-6-10-19(14)3/h5-10H,11-12H2,1-4H3,(H,16,17). The summed E-state index contributed by atoms with van der Waals surface area (Å²) in [4.78, 5) is 6.46. The molecule has 1 N–H and O–H groups in total. The van der Waals surface area contributed by atoms with Crippen molar-refractivity contribution in [3.05, 3.63) is 48.0 Å². The number of guanidine groups is 1. The Bertz CT molecular complexity index is 579. The lowest BCUT2D eigenvalue weighted by Crippen LogP contribution is -2.38. The highest BCUT2D eigenvalue weighted by molar-refractivity contribution is 5.79. The van der Waals surface area contributed by atoms with E-state index in [4.69, 9.17) is 0 Å². The van der Waals surface area contributed by atoms with Crippen molar-refractivity contribution in [3.63, 3.8) is 0 Å². The Morgan fingerprint density at radius 1 is 1.15 bits per heavy atom. The van der Waals surface area contributed by atoms with Crippen molar-refractivity contribution in [1.82, 2.24) is 19.4 Å². The van der Waals surface area contributed by atoms with Gasteiger partial charge in [0.1, 0.15) is 0 Å². The van der Waals surface area contributed by atoms with Gasteiger partial charge in [0, 0.05) is 52.0 Å². The van der Waals surface area contributed by atoms with Crippen LogP contribution in [-0.4, -0.2) is 34.1 Å². The molecule has 0 fully saturated rings. The van der Waals surface area contributed by atoms with Crippen molar-refractivity contribution in [3.8, 4) is 0 Å². The summed E-state index contributed by atoms with van der Waals surface area (Å²) < 4.78 is 4.23.